The molecule has 0 saturated carbocycles. The summed E-state index contributed by atoms with van der Waals surface area (Å²) in [5.74, 6) is -4.69. The number of nitrogens with zero attached hydrogens (tertiary/aromatic N) is 1. The van der Waals surface area contributed by atoms with Crippen molar-refractivity contribution < 1.29 is 32.3 Å². The van der Waals surface area contributed by atoms with Gasteiger partial charge in [0.15, 0.2) is 11.5 Å². The van der Waals surface area contributed by atoms with E-state index in [1.807, 2.05) is 0 Å². The topological polar surface area (TPSA) is 83.9 Å². The molecule has 1 amide bonds. The van der Waals surface area contributed by atoms with Gasteiger partial charge in [0.05, 0.1) is 17.5 Å². The molecule has 0 saturated heterocycles. The maximum absolute atomic E-state index is 14.6. The first-order chi connectivity index (χ1) is 15.3. The van der Waals surface area contributed by atoms with Crippen LogP contribution in [0.1, 0.15) is 22.4 Å². The van der Waals surface area contributed by atoms with E-state index < -0.39 is 35.1 Å². The zero-order valence-corrected chi connectivity index (χ0v) is 16.8. The summed E-state index contributed by atoms with van der Waals surface area (Å²) in [5, 5.41) is 11.6. The van der Waals surface area contributed by atoms with E-state index in [2.05, 4.69) is 0 Å². The van der Waals surface area contributed by atoms with Crippen molar-refractivity contribution in [2.45, 2.75) is 6.04 Å². The van der Waals surface area contributed by atoms with Gasteiger partial charge >= 0.3 is 0 Å². The highest BCUT2D eigenvalue weighted by Gasteiger charge is 2.47. The highest BCUT2D eigenvalue weighted by atomic mass is 35.5. The second-order valence-corrected chi connectivity index (χ2v) is 7.51. The molecule has 0 spiro atoms. The minimum atomic E-state index is -1.30. The Morgan fingerprint density at radius 3 is 2.62 bits per heavy atom. The number of fused-ring (bicyclic) bond motifs is 1. The number of carbonyl (C=O) groups excluding carboxylic acids is 2. The van der Waals surface area contributed by atoms with Crippen LogP contribution in [0.4, 0.5) is 14.5 Å². The second kappa shape index (κ2) is 7.35. The summed E-state index contributed by atoms with van der Waals surface area (Å²) >= 11 is 5.98. The first kappa shape index (κ1) is 20.0. The van der Waals surface area contributed by atoms with E-state index in [0.717, 1.165) is 17.0 Å². The van der Waals surface area contributed by atoms with Gasteiger partial charge < -0.3 is 13.9 Å². The Balaban J connectivity index is 1.65. The maximum Gasteiger partial charge on any atom is 0.294 e. The number of hydrogen-bond acceptors (Lipinski definition) is 5. The Morgan fingerprint density at radius 1 is 1.09 bits per heavy atom. The van der Waals surface area contributed by atoms with Gasteiger partial charge in [-0.1, -0.05) is 11.6 Å². The highest BCUT2D eigenvalue weighted by Crippen LogP contribution is 2.43. The molecule has 3 heterocycles. The Bertz CT molecular complexity index is 1420. The van der Waals surface area contributed by atoms with Crippen molar-refractivity contribution in [1.82, 2.24) is 0 Å². The first-order valence-electron chi connectivity index (χ1n) is 9.34. The number of halogens is 3. The third-order valence-electron chi connectivity index (χ3n) is 5.14. The minimum absolute atomic E-state index is 0.0913. The fraction of sp³-hybridized carbons (Fsp3) is 0.0435. The molecule has 32 heavy (non-hydrogen) atoms. The van der Waals surface area contributed by atoms with Crippen molar-refractivity contribution in [3.05, 3.63) is 100 Å². The van der Waals surface area contributed by atoms with Crippen LogP contribution in [0.2, 0.25) is 5.02 Å². The lowest BCUT2D eigenvalue weighted by Crippen LogP contribution is -2.31. The SMILES string of the molecule is O=C(C1=C(O)C(=O)N(c2ccc(F)cc2F)C1c1ccco1)c1cc2cc(Cl)ccc2o1. The molecule has 5 rings (SSSR count). The van der Waals surface area contributed by atoms with E-state index in [9.17, 15) is 23.5 Å². The summed E-state index contributed by atoms with van der Waals surface area (Å²) < 4.78 is 39.0. The molecule has 6 nitrogen and oxygen atoms in total. The Labute approximate surface area is 183 Å². The molecule has 0 bridgehead atoms. The Kier molecular flexibility index (Phi) is 4.60. The molecular weight excluding hydrogens is 444 g/mol. The molecule has 2 aromatic heterocycles. The Morgan fingerprint density at radius 2 is 1.91 bits per heavy atom. The van der Waals surface area contributed by atoms with Crippen molar-refractivity contribution in [1.29, 1.82) is 0 Å². The lowest BCUT2D eigenvalue weighted by Gasteiger charge is -2.25. The largest absolute Gasteiger partial charge is 0.503 e. The number of ketones is 1. The van der Waals surface area contributed by atoms with E-state index in [1.54, 1.807) is 18.2 Å². The average molecular weight is 456 g/mol. The van der Waals surface area contributed by atoms with Crippen LogP contribution in [0, 0.1) is 11.6 Å². The maximum atomic E-state index is 14.6. The van der Waals surface area contributed by atoms with Gasteiger partial charge in [0.2, 0.25) is 5.78 Å². The molecule has 1 aliphatic rings. The number of amides is 1. The van der Waals surface area contributed by atoms with Gasteiger partial charge in [0, 0.05) is 16.5 Å². The molecule has 4 aromatic rings. The fourth-order valence-corrected chi connectivity index (χ4v) is 3.92. The molecule has 0 radical (unpaired) electrons. The molecule has 0 aliphatic carbocycles. The molecule has 1 atom stereocenters. The zero-order chi connectivity index (χ0) is 22.6. The van der Waals surface area contributed by atoms with E-state index in [-0.39, 0.29) is 22.8 Å². The third kappa shape index (κ3) is 3.07. The molecule has 160 valence electrons. The van der Waals surface area contributed by atoms with Gasteiger partial charge in [-0.3, -0.25) is 14.5 Å². The van der Waals surface area contributed by atoms with E-state index in [4.69, 9.17) is 20.4 Å². The van der Waals surface area contributed by atoms with Crippen molar-refractivity contribution in [3.63, 3.8) is 0 Å². The summed E-state index contributed by atoms with van der Waals surface area (Å²) in [7, 11) is 0. The van der Waals surface area contributed by atoms with Crippen LogP contribution in [0.25, 0.3) is 11.0 Å². The van der Waals surface area contributed by atoms with Gasteiger partial charge in [-0.15, -0.1) is 0 Å². The summed E-state index contributed by atoms with van der Waals surface area (Å²) in [5.41, 5.74) is -0.319. The van der Waals surface area contributed by atoms with Gasteiger partial charge in [-0.2, -0.15) is 0 Å². The zero-order valence-electron chi connectivity index (χ0n) is 16.0. The number of benzene rings is 2. The van der Waals surface area contributed by atoms with Crippen LogP contribution in [0.5, 0.6) is 0 Å². The number of carbonyl (C=O) groups is 2. The molecule has 1 aliphatic heterocycles. The molecule has 2 aromatic carbocycles. The van der Waals surface area contributed by atoms with Gasteiger partial charge in [-0.05, 0) is 48.5 Å². The number of furan rings is 2. The van der Waals surface area contributed by atoms with Crippen molar-refractivity contribution in [3.8, 4) is 0 Å². The quantitative estimate of drug-likeness (QED) is 0.397. The van der Waals surface area contributed by atoms with Crippen LogP contribution in [0.3, 0.4) is 0 Å². The predicted molar refractivity (Wildman–Crippen MR) is 111 cm³/mol. The summed E-state index contributed by atoms with van der Waals surface area (Å²) in [6.45, 7) is 0. The standard InChI is InChI=1S/C23H12ClF2NO5/c24-12-3-6-16-11(8-12)9-18(32-16)21(28)19-20(17-2-1-7-31-17)27(23(30)22(19)29)15-5-4-13(25)10-14(15)26/h1-10,20,29H. The number of rotatable bonds is 4. The fourth-order valence-electron chi connectivity index (χ4n) is 3.74. The Hall–Kier alpha value is -3.91. The monoisotopic (exact) mass is 455 g/mol. The molecule has 0 fully saturated rings. The normalized spacial score (nSPS) is 16.4. The minimum Gasteiger partial charge on any atom is -0.503 e. The van der Waals surface area contributed by atoms with E-state index >= 15 is 0 Å². The molecule has 1 N–H and O–H groups in total. The van der Waals surface area contributed by atoms with Crippen LogP contribution in [0.15, 0.2) is 81.0 Å². The predicted octanol–water partition coefficient (Wildman–Crippen LogP) is 5.74. The summed E-state index contributed by atoms with van der Waals surface area (Å²) in [4.78, 5) is 27.1. The number of Topliss-reactive ketones (excluding diaryl/α,β-unsaturated/α-hetero) is 1. The summed E-state index contributed by atoms with van der Waals surface area (Å²) in [6, 6.07) is 10.5. The van der Waals surface area contributed by atoms with Gasteiger partial charge in [0.1, 0.15) is 29.0 Å². The summed E-state index contributed by atoms with van der Waals surface area (Å²) in [6.07, 6.45) is 1.31. The van der Waals surface area contributed by atoms with E-state index in [0.29, 0.717) is 22.1 Å². The van der Waals surface area contributed by atoms with Crippen molar-refractivity contribution >= 4 is 39.9 Å². The van der Waals surface area contributed by atoms with Crippen molar-refractivity contribution in [2.75, 3.05) is 4.90 Å². The first-order valence-corrected chi connectivity index (χ1v) is 9.72. The molecule has 9 heteroatoms. The lowest BCUT2D eigenvalue weighted by atomic mass is 9.99. The van der Waals surface area contributed by atoms with Crippen LogP contribution < -0.4 is 4.90 Å². The highest BCUT2D eigenvalue weighted by molar-refractivity contribution is 6.31. The number of aliphatic hydroxyl groups excluding tert-OH is 1. The molecule has 1 unspecified atom stereocenters. The number of hydrogen-bond donors (Lipinski definition) is 1. The van der Waals surface area contributed by atoms with E-state index in [1.165, 1.54) is 24.5 Å². The van der Waals surface area contributed by atoms with Crippen molar-refractivity contribution in [2.24, 2.45) is 0 Å². The lowest BCUT2D eigenvalue weighted by molar-refractivity contribution is -0.117. The van der Waals surface area contributed by atoms with Crippen LogP contribution >= 0.6 is 11.6 Å². The smallest absolute Gasteiger partial charge is 0.294 e. The van der Waals surface area contributed by atoms with Gasteiger partial charge in [0.25, 0.3) is 5.91 Å². The third-order valence-corrected chi connectivity index (χ3v) is 5.37. The number of aliphatic hydroxyl groups is 1. The average Bonchev–Trinajstić information content (AvgIpc) is 3.47. The van der Waals surface area contributed by atoms with Crippen LogP contribution in [-0.2, 0) is 4.79 Å². The van der Waals surface area contributed by atoms with Gasteiger partial charge in [-0.25, -0.2) is 8.78 Å². The van der Waals surface area contributed by atoms with Crippen LogP contribution in [-0.4, -0.2) is 16.8 Å². The second-order valence-electron chi connectivity index (χ2n) is 7.07. The number of anilines is 1. The molecular formula is C23H12ClF2NO5.